The van der Waals surface area contributed by atoms with Crippen LogP contribution in [0.15, 0.2) is 18.2 Å². The van der Waals surface area contributed by atoms with Gasteiger partial charge in [-0.05, 0) is 50.4 Å². The quantitative estimate of drug-likeness (QED) is 0.799. The second-order valence-electron chi connectivity index (χ2n) is 5.52. The maximum absolute atomic E-state index is 6.06. The average Bonchev–Trinajstić information content (AvgIpc) is 2.69. The van der Waals surface area contributed by atoms with E-state index >= 15 is 0 Å². The first kappa shape index (κ1) is 14.4. The summed E-state index contributed by atoms with van der Waals surface area (Å²) in [6, 6.07) is 6.44. The Bertz CT molecular complexity index is 381. The molecule has 1 aromatic rings. The summed E-state index contributed by atoms with van der Waals surface area (Å²) >= 11 is 0. The highest BCUT2D eigenvalue weighted by Gasteiger charge is 2.10. The molecular formula is C17H27NO. The third-order valence-electron chi connectivity index (χ3n) is 4.03. The number of para-hydroxylation sites is 1. The Morgan fingerprint density at radius 1 is 1.11 bits per heavy atom. The van der Waals surface area contributed by atoms with Gasteiger partial charge < -0.3 is 4.74 Å². The minimum atomic E-state index is 0.817. The Hall–Kier alpha value is -1.02. The Morgan fingerprint density at radius 3 is 2.53 bits per heavy atom. The fraction of sp³-hybridized carbons (Fsp3) is 0.647. The molecule has 1 saturated heterocycles. The number of hydrogen-bond acceptors (Lipinski definition) is 2. The van der Waals surface area contributed by atoms with Gasteiger partial charge >= 0.3 is 0 Å². The molecule has 19 heavy (non-hydrogen) atoms. The highest BCUT2D eigenvalue weighted by Crippen LogP contribution is 2.23. The Morgan fingerprint density at radius 2 is 1.84 bits per heavy atom. The predicted octanol–water partition coefficient (Wildman–Crippen LogP) is 3.81. The van der Waals surface area contributed by atoms with Gasteiger partial charge in [-0.1, -0.05) is 38.0 Å². The van der Waals surface area contributed by atoms with Crippen LogP contribution in [0, 0.1) is 6.92 Å². The molecule has 2 heteroatoms. The van der Waals surface area contributed by atoms with Gasteiger partial charge in [0.15, 0.2) is 0 Å². The summed E-state index contributed by atoms with van der Waals surface area (Å²) in [5.74, 6) is 1.11. The van der Waals surface area contributed by atoms with E-state index in [9.17, 15) is 0 Å². The molecule has 0 spiro atoms. The number of rotatable bonds is 5. The fourth-order valence-electron chi connectivity index (χ4n) is 2.83. The maximum Gasteiger partial charge on any atom is 0.125 e. The van der Waals surface area contributed by atoms with E-state index in [1.54, 1.807) is 0 Å². The van der Waals surface area contributed by atoms with Gasteiger partial charge in [0.05, 0.1) is 0 Å². The molecule has 1 aliphatic rings. The molecule has 106 valence electrons. The van der Waals surface area contributed by atoms with Gasteiger partial charge in [-0.15, -0.1) is 0 Å². The van der Waals surface area contributed by atoms with Gasteiger partial charge in [-0.3, -0.25) is 4.90 Å². The summed E-state index contributed by atoms with van der Waals surface area (Å²) in [6.45, 7) is 8.71. The molecule has 1 heterocycles. The van der Waals surface area contributed by atoms with Crippen LogP contribution >= 0.6 is 0 Å². The minimum absolute atomic E-state index is 0.817. The third kappa shape index (κ3) is 4.24. The maximum atomic E-state index is 6.06. The molecule has 0 saturated carbocycles. The zero-order valence-corrected chi connectivity index (χ0v) is 12.5. The number of benzene rings is 1. The number of hydrogen-bond donors (Lipinski definition) is 0. The highest BCUT2D eigenvalue weighted by atomic mass is 16.5. The van der Waals surface area contributed by atoms with E-state index in [0.717, 1.165) is 25.3 Å². The second kappa shape index (κ2) is 7.54. The lowest BCUT2D eigenvalue weighted by molar-refractivity contribution is 0.212. The second-order valence-corrected chi connectivity index (χ2v) is 5.52. The molecular weight excluding hydrogens is 234 g/mol. The van der Waals surface area contributed by atoms with Crippen LogP contribution in [0.5, 0.6) is 5.75 Å². The molecule has 2 rings (SSSR count). The van der Waals surface area contributed by atoms with Crippen LogP contribution in [-0.4, -0.2) is 31.1 Å². The topological polar surface area (TPSA) is 12.5 Å². The van der Waals surface area contributed by atoms with Crippen molar-refractivity contribution in [2.24, 2.45) is 0 Å². The van der Waals surface area contributed by atoms with Gasteiger partial charge in [-0.25, -0.2) is 0 Å². The standard InChI is InChI=1S/C17H27NO/c1-3-16-10-8-9-15(2)17(16)19-14-13-18-11-6-4-5-7-12-18/h8-10H,3-7,11-14H2,1-2H3. The van der Waals surface area contributed by atoms with Gasteiger partial charge in [0.2, 0.25) is 0 Å². The Labute approximate surface area is 117 Å². The zero-order valence-electron chi connectivity index (χ0n) is 12.5. The van der Waals surface area contributed by atoms with E-state index in [1.165, 1.54) is 49.9 Å². The van der Waals surface area contributed by atoms with E-state index in [-0.39, 0.29) is 0 Å². The Balaban J connectivity index is 1.85. The van der Waals surface area contributed by atoms with Crippen LogP contribution in [-0.2, 0) is 6.42 Å². The normalized spacial score (nSPS) is 17.2. The lowest BCUT2D eigenvalue weighted by Gasteiger charge is -2.21. The number of likely N-dealkylation sites (tertiary alicyclic amines) is 1. The van der Waals surface area contributed by atoms with E-state index in [1.807, 2.05) is 0 Å². The van der Waals surface area contributed by atoms with Gasteiger partial charge in [0, 0.05) is 6.54 Å². The molecule has 1 aliphatic heterocycles. The summed E-state index contributed by atoms with van der Waals surface area (Å²) in [5.41, 5.74) is 2.59. The molecule has 0 aromatic heterocycles. The van der Waals surface area contributed by atoms with Crippen molar-refractivity contribution in [2.75, 3.05) is 26.2 Å². The van der Waals surface area contributed by atoms with Crippen molar-refractivity contribution < 1.29 is 4.74 Å². The van der Waals surface area contributed by atoms with Crippen LogP contribution in [0.4, 0.5) is 0 Å². The lowest BCUT2D eigenvalue weighted by Crippen LogP contribution is -2.29. The molecule has 0 N–H and O–H groups in total. The molecule has 0 unspecified atom stereocenters. The minimum Gasteiger partial charge on any atom is -0.492 e. The molecule has 1 fully saturated rings. The summed E-state index contributed by atoms with van der Waals surface area (Å²) in [5, 5.41) is 0. The van der Waals surface area contributed by atoms with Crippen molar-refractivity contribution in [1.82, 2.24) is 4.90 Å². The van der Waals surface area contributed by atoms with E-state index in [2.05, 4.69) is 36.9 Å². The monoisotopic (exact) mass is 261 g/mol. The molecule has 0 aliphatic carbocycles. The average molecular weight is 261 g/mol. The van der Waals surface area contributed by atoms with Gasteiger partial charge in [0.1, 0.15) is 12.4 Å². The fourth-order valence-corrected chi connectivity index (χ4v) is 2.83. The molecule has 1 aromatic carbocycles. The first-order chi connectivity index (χ1) is 9.31. The molecule has 0 radical (unpaired) electrons. The van der Waals surface area contributed by atoms with Crippen LogP contribution in [0.2, 0.25) is 0 Å². The van der Waals surface area contributed by atoms with Crippen LogP contribution in [0.1, 0.15) is 43.7 Å². The Kier molecular flexibility index (Phi) is 5.71. The van der Waals surface area contributed by atoms with Gasteiger partial charge in [-0.2, -0.15) is 0 Å². The molecule has 0 bridgehead atoms. The van der Waals surface area contributed by atoms with Crippen molar-refractivity contribution in [3.63, 3.8) is 0 Å². The van der Waals surface area contributed by atoms with Crippen molar-refractivity contribution in [3.8, 4) is 5.75 Å². The predicted molar refractivity (Wildman–Crippen MR) is 81.0 cm³/mol. The largest absolute Gasteiger partial charge is 0.492 e. The summed E-state index contributed by atoms with van der Waals surface area (Å²) < 4.78 is 6.06. The van der Waals surface area contributed by atoms with Crippen molar-refractivity contribution in [2.45, 2.75) is 46.0 Å². The number of nitrogens with zero attached hydrogens (tertiary/aromatic N) is 1. The van der Waals surface area contributed by atoms with Crippen LogP contribution in [0.25, 0.3) is 0 Å². The van der Waals surface area contributed by atoms with Crippen molar-refractivity contribution in [1.29, 1.82) is 0 Å². The van der Waals surface area contributed by atoms with Gasteiger partial charge in [0.25, 0.3) is 0 Å². The molecule has 2 nitrogen and oxygen atoms in total. The van der Waals surface area contributed by atoms with Crippen LogP contribution < -0.4 is 4.74 Å². The number of aryl methyl sites for hydroxylation is 2. The van der Waals surface area contributed by atoms with E-state index in [4.69, 9.17) is 4.74 Å². The SMILES string of the molecule is CCc1cccc(C)c1OCCN1CCCCCC1. The smallest absolute Gasteiger partial charge is 0.125 e. The molecule has 0 atom stereocenters. The summed E-state index contributed by atoms with van der Waals surface area (Å²) in [7, 11) is 0. The molecule has 0 amide bonds. The first-order valence-electron chi connectivity index (χ1n) is 7.75. The third-order valence-corrected chi connectivity index (χ3v) is 4.03. The lowest BCUT2D eigenvalue weighted by atomic mass is 10.1. The zero-order chi connectivity index (χ0) is 13.5. The van der Waals surface area contributed by atoms with E-state index < -0.39 is 0 Å². The number of ether oxygens (including phenoxy) is 1. The van der Waals surface area contributed by atoms with Crippen LogP contribution in [0.3, 0.4) is 0 Å². The summed E-state index contributed by atoms with van der Waals surface area (Å²) in [6.07, 6.45) is 6.54. The van der Waals surface area contributed by atoms with Crippen molar-refractivity contribution >= 4 is 0 Å². The first-order valence-corrected chi connectivity index (χ1v) is 7.75. The van der Waals surface area contributed by atoms with Crippen molar-refractivity contribution in [3.05, 3.63) is 29.3 Å². The summed E-state index contributed by atoms with van der Waals surface area (Å²) in [4.78, 5) is 2.55. The highest BCUT2D eigenvalue weighted by molar-refractivity contribution is 5.40. The van der Waals surface area contributed by atoms with E-state index in [0.29, 0.717) is 0 Å².